The van der Waals surface area contributed by atoms with Gasteiger partial charge in [0, 0.05) is 17.1 Å². The Morgan fingerprint density at radius 2 is 2.00 bits per heavy atom. The van der Waals surface area contributed by atoms with E-state index >= 15 is 0 Å². The van der Waals surface area contributed by atoms with E-state index in [9.17, 15) is 21.6 Å². The molecule has 23 heavy (non-hydrogen) atoms. The molecule has 1 aromatic rings. The Labute approximate surface area is 144 Å². The van der Waals surface area contributed by atoms with Gasteiger partial charge in [-0.15, -0.1) is 12.4 Å². The predicted octanol–water partition coefficient (Wildman–Crippen LogP) is 3.20. The van der Waals surface area contributed by atoms with E-state index in [2.05, 4.69) is 10.0 Å². The highest BCUT2D eigenvalue weighted by Crippen LogP contribution is 2.36. The summed E-state index contributed by atoms with van der Waals surface area (Å²) in [7, 11) is -4.27. The number of halogens is 5. The number of benzene rings is 1. The highest BCUT2D eigenvalue weighted by molar-refractivity contribution is 7.89. The van der Waals surface area contributed by atoms with Crippen molar-refractivity contribution in [1.29, 1.82) is 0 Å². The van der Waals surface area contributed by atoms with E-state index in [1.54, 1.807) is 0 Å². The summed E-state index contributed by atoms with van der Waals surface area (Å²) in [5.41, 5.74) is -1.26. The van der Waals surface area contributed by atoms with E-state index in [-0.39, 0.29) is 23.5 Å². The minimum atomic E-state index is -4.80. The van der Waals surface area contributed by atoms with Crippen LogP contribution >= 0.6 is 24.0 Å². The van der Waals surface area contributed by atoms with Crippen LogP contribution in [-0.4, -0.2) is 27.0 Å². The summed E-state index contributed by atoms with van der Waals surface area (Å²) in [5, 5.41) is 2.98. The molecule has 1 aliphatic rings. The van der Waals surface area contributed by atoms with Crippen molar-refractivity contribution >= 4 is 34.0 Å². The van der Waals surface area contributed by atoms with Crippen molar-refractivity contribution in [3.8, 4) is 0 Å². The molecule has 2 rings (SSSR count). The fourth-order valence-electron chi connectivity index (χ4n) is 2.48. The summed E-state index contributed by atoms with van der Waals surface area (Å²) in [6.07, 6.45) is -3.75. The number of alkyl halides is 3. The van der Waals surface area contributed by atoms with Crippen LogP contribution < -0.4 is 10.0 Å². The number of nitrogens with one attached hydrogen (secondary N) is 2. The quantitative estimate of drug-likeness (QED) is 0.830. The van der Waals surface area contributed by atoms with Crippen LogP contribution in [0.25, 0.3) is 0 Å². The van der Waals surface area contributed by atoms with Gasteiger partial charge in [-0.05, 0) is 44.5 Å². The third-order valence-electron chi connectivity index (χ3n) is 3.48. The van der Waals surface area contributed by atoms with Crippen molar-refractivity contribution in [3.63, 3.8) is 0 Å². The van der Waals surface area contributed by atoms with Crippen LogP contribution in [0.15, 0.2) is 23.1 Å². The maximum absolute atomic E-state index is 13.0. The number of piperidine rings is 1. The molecule has 1 aromatic carbocycles. The zero-order chi connectivity index (χ0) is 16.5. The largest absolute Gasteiger partial charge is 0.417 e. The maximum Gasteiger partial charge on any atom is 0.417 e. The smallest absolute Gasteiger partial charge is 0.314 e. The first-order valence-corrected chi connectivity index (χ1v) is 8.58. The minimum Gasteiger partial charge on any atom is -0.314 e. The molecule has 1 fully saturated rings. The van der Waals surface area contributed by atoms with Crippen LogP contribution in [0.3, 0.4) is 0 Å². The maximum atomic E-state index is 13.0. The molecule has 0 aromatic heterocycles. The van der Waals surface area contributed by atoms with Gasteiger partial charge in [0.25, 0.3) is 0 Å². The van der Waals surface area contributed by atoms with Crippen molar-refractivity contribution in [1.82, 2.24) is 10.0 Å². The van der Waals surface area contributed by atoms with Gasteiger partial charge in [0.2, 0.25) is 10.0 Å². The van der Waals surface area contributed by atoms with E-state index in [1.165, 1.54) is 0 Å². The van der Waals surface area contributed by atoms with Crippen LogP contribution in [0.5, 0.6) is 0 Å². The molecule has 0 radical (unpaired) electrons. The molecule has 0 aliphatic carbocycles. The molecule has 2 unspecified atom stereocenters. The van der Waals surface area contributed by atoms with Crippen molar-refractivity contribution in [2.75, 3.05) is 6.54 Å². The first kappa shape index (κ1) is 20.5. The molecule has 132 valence electrons. The molecule has 4 nitrogen and oxygen atoms in total. The summed E-state index contributed by atoms with van der Waals surface area (Å²) < 4.78 is 66.1. The van der Waals surface area contributed by atoms with E-state index in [4.69, 9.17) is 11.6 Å². The molecular weight excluding hydrogens is 376 g/mol. The number of hydrogen-bond donors (Lipinski definition) is 2. The molecule has 2 N–H and O–H groups in total. The minimum absolute atomic E-state index is 0. The Morgan fingerprint density at radius 1 is 1.35 bits per heavy atom. The summed E-state index contributed by atoms with van der Waals surface area (Å²) in [6, 6.07) is 2.36. The van der Waals surface area contributed by atoms with Crippen molar-refractivity contribution in [2.45, 2.75) is 42.9 Å². The lowest BCUT2D eigenvalue weighted by atomic mass is 10.0. The molecule has 1 saturated heterocycles. The first-order chi connectivity index (χ1) is 10.1. The van der Waals surface area contributed by atoms with Gasteiger partial charge >= 0.3 is 6.18 Å². The van der Waals surface area contributed by atoms with Gasteiger partial charge < -0.3 is 5.32 Å². The van der Waals surface area contributed by atoms with Crippen LogP contribution in [0.4, 0.5) is 13.2 Å². The zero-order valence-electron chi connectivity index (χ0n) is 12.2. The fraction of sp³-hybridized carbons (Fsp3) is 0.538. The van der Waals surface area contributed by atoms with Crippen molar-refractivity contribution in [2.24, 2.45) is 0 Å². The van der Waals surface area contributed by atoms with Crippen LogP contribution in [0.2, 0.25) is 5.02 Å². The summed E-state index contributed by atoms with van der Waals surface area (Å²) >= 11 is 5.56. The second-order valence-corrected chi connectivity index (χ2v) is 7.45. The SMILES string of the molecule is CC1CC(NS(=O)(=O)c2ccc(Cl)cc2C(F)(F)F)CCN1.Cl. The average molecular weight is 393 g/mol. The van der Waals surface area contributed by atoms with Gasteiger partial charge in [0.15, 0.2) is 0 Å². The standard InChI is InChI=1S/C13H16ClF3N2O2S.ClH/c1-8-6-10(4-5-18-8)19-22(20,21)12-3-2-9(14)7-11(12)13(15,16)17;/h2-3,7-8,10,18-19H,4-6H2,1H3;1H. The fourth-order valence-corrected chi connectivity index (χ4v) is 4.14. The molecule has 10 heteroatoms. The van der Waals surface area contributed by atoms with Gasteiger partial charge in [0.1, 0.15) is 0 Å². The lowest BCUT2D eigenvalue weighted by Gasteiger charge is -2.28. The lowest BCUT2D eigenvalue weighted by Crippen LogP contribution is -2.46. The normalized spacial score (nSPS) is 22.5. The monoisotopic (exact) mass is 392 g/mol. The third-order valence-corrected chi connectivity index (χ3v) is 5.30. The third kappa shape index (κ3) is 5.22. The zero-order valence-corrected chi connectivity index (χ0v) is 14.5. The van der Waals surface area contributed by atoms with Gasteiger partial charge in [-0.3, -0.25) is 0 Å². The molecule has 2 atom stereocenters. The Balaban J connectivity index is 0.00000264. The number of sulfonamides is 1. The van der Waals surface area contributed by atoms with E-state index < -0.39 is 32.7 Å². The topological polar surface area (TPSA) is 58.2 Å². The molecule has 1 heterocycles. The van der Waals surface area contributed by atoms with E-state index in [1.807, 2.05) is 6.92 Å². The first-order valence-electron chi connectivity index (χ1n) is 6.72. The summed E-state index contributed by atoms with van der Waals surface area (Å²) in [4.78, 5) is -0.796. The van der Waals surface area contributed by atoms with Crippen LogP contribution in [-0.2, 0) is 16.2 Å². The van der Waals surface area contributed by atoms with Gasteiger partial charge in [-0.25, -0.2) is 13.1 Å². The van der Waals surface area contributed by atoms with Gasteiger partial charge in [-0.2, -0.15) is 13.2 Å². The second-order valence-electron chi connectivity index (χ2n) is 5.34. The highest BCUT2D eigenvalue weighted by Gasteiger charge is 2.38. The molecule has 0 spiro atoms. The van der Waals surface area contributed by atoms with Gasteiger partial charge in [0.05, 0.1) is 10.5 Å². The molecule has 0 amide bonds. The number of rotatable bonds is 3. The molecular formula is C13H17Cl2F3N2O2S. The Bertz CT molecular complexity index is 653. The van der Waals surface area contributed by atoms with Crippen LogP contribution in [0.1, 0.15) is 25.3 Å². The summed E-state index contributed by atoms with van der Waals surface area (Å²) in [6.45, 7) is 2.50. The van der Waals surface area contributed by atoms with Crippen molar-refractivity contribution in [3.05, 3.63) is 28.8 Å². The Hall–Kier alpha value is -0.540. The Morgan fingerprint density at radius 3 is 2.57 bits per heavy atom. The molecule has 1 aliphatic heterocycles. The van der Waals surface area contributed by atoms with E-state index in [0.29, 0.717) is 25.5 Å². The lowest BCUT2D eigenvalue weighted by molar-refractivity contribution is -0.139. The highest BCUT2D eigenvalue weighted by atomic mass is 35.5. The molecule has 0 saturated carbocycles. The van der Waals surface area contributed by atoms with Crippen LogP contribution in [0, 0.1) is 0 Å². The van der Waals surface area contributed by atoms with Crippen molar-refractivity contribution < 1.29 is 21.6 Å². The Kier molecular flexibility index (Phi) is 6.74. The predicted molar refractivity (Wildman–Crippen MR) is 84.5 cm³/mol. The average Bonchev–Trinajstić information content (AvgIpc) is 2.36. The molecule has 0 bridgehead atoms. The summed E-state index contributed by atoms with van der Waals surface area (Å²) in [5.74, 6) is 0. The number of hydrogen-bond acceptors (Lipinski definition) is 3. The second kappa shape index (κ2) is 7.57. The van der Waals surface area contributed by atoms with Gasteiger partial charge in [-0.1, -0.05) is 11.6 Å². The van der Waals surface area contributed by atoms with E-state index in [0.717, 1.165) is 12.1 Å².